The second-order valence-electron chi connectivity index (χ2n) is 10.0. The molecule has 6 nitrogen and oxygen atoms in total. The molecule has 7 atom stereocenters. The van der Waals surface area contributed by atoms with Gasteiger partial charge in [0.1, 0.15) is 6.61 Å². The maximum absolute atomic E-state index is 12.8. The molecule has 0 bridgehead atoms. The van der Waals surface area contributed by atoms with Crippen molar-refractivity contribution < 1.29 is 28.5 Å². The van der Waals surface area contributed by atoms with E-state index in [1.807, 2.05) is 6.08 Å². The molecule has 2 N–H and O–H groups in total. The van der Waals surface area contributed by atoms with Gasteiger partial charge in [0.15, 0.2) is 11.6 Å². The molecule has 0 unspecified atom stereocenters. The van der Waals surface area contributed by atoms with Crippen LogP contribution in [0.25, 0.3) is 0 Å². The SMILES string of the molecule is C[C@H]1C[C@H]2[C@@H]3CC[C@H](C(=O)COP(=O)(O)O)[C@@]3(C)CC[C@@H]2[C@@]2(C)C=CC(=O)C=C12.[NaH].[NaH]. The van der Waals surface area contributed by atoms with Crippen molar-refractivity contribution in [2.24, 2.45) is 40.4 Å². The van der Waals surface area contributed by atoms with Crippen LogP contribution in [0.3, 0.4) is 0 Å². The molecule has 0 aromatic carbocycles. The van der Waals surface area contributed by atoms with Gasteiger partial charge in [0.25, 0.3) is 0 Å². The number of fused-ring (bicyclic) bond motifs is 5. The van der Waals surface area contributed by atoms with Gasteiger partial charge in [0, 0.05) is 11.3 Å². The Labute approximate surface area is 228 Å². The molecule has 0 spiro atoms. The van der Waals surface area contributed by atoms with Crippen molar-refractivity contribution in [2.45, 2.75) is 52.9 Å². The molecule has 0 heterocycles. The summed E-state index contributed by atoms with van der Waals surface area (Å²) in [7, 11) is -4.64. The monoisotopic (exact) mass is 470 g/mol. The Morgan fingerprint density at radius 3 is 2.52 bits per heavy atom. The molecule has 0 saturated heterocycles. The Balaban J connectivity index is 0.00000171. The van der Waals surface area contributed by atoms with E-state index in [0.717, 1.165) is 32.1 Å². The van der Waals surface area contributed by atoms with Crippen molar-refractivity contribution in [1.29, 1.82) is 0 Å². The number of rotatable bonds is 4. The third kappa shape index (κ3) is 5.00. The molecule has 4 aliphatic carbocycles. The van der Waals surface area contributed by atoms with E-state index < -0.39 is 14.4 Å². The summed E-state index contributed by atoms with van der Waals surface area (Å²) >= 11 is 0. The standard InChI is InChI=1S/C22H31O6P.2Na.2H/c1-13-10-15-16-4-5-18(20(24)12-28-29(25,26)27)21(16,2)9-7-17(15)22(3)8-6-14(23)11-19(13)22;;;;/h6,8,11,13,15-18H,4-5,7,9-10,12H2,1-3H3,(H2,25,26,27);;;;/t13-,15-,16-,17-,18+,21-,22+;;;;/m0..../s1. The quantitative estimate of drug-likeness (QED) is 0.484. The van der Waals surface area contributed by atoms with E-state index in [9.17, 15) is 14.2 Å². The summed E-state index contributed by atoms with van der Waals surface area (Å²) < 4.78 is 15.5. The normalized spacial score (nSPS) is 41.1. The average Bonchev–Trinajstić information content (AvgIpc) is 2.98. The van der Waals surface area contributed by atoms with E-state index in [4.69, 9.17) is 9.79 Å². The summed E-state index contributed by atoms with van der Waals surface area (Å²) in [5, 5.41) is 0. The molecule has 4 aliphatic rings. The number of carbonyl (C=O) groups is 2. The zero-order valence-electron chi connectivity index (χ0n) is 17.3. The van der Waals surface area contributed by atoms with Crippen LogP contribution in [0, 0.1) is 40.4 Å². The average molecular weight is 470 g/mol. The molecule has 0 amide bonds. The topological polar surface area (TPSA) is 101 Å². The van der Waals surface area contributed by atoms with Crippen LogP contribution in [0.2, 0.25) is 0 Å². The van der Waals surface area contributed by atoms with Crippen LogP contribution < -0.4 is 0 Å². The van der Waals surface area contributed by atoms with Crippen molar-refractivity contribution in [3.05, 3.63) is 23.8 Å². The van der Waals surface area contributed by atoms with Crippen molar-refractivity contribution in [3.63, 3.8) is 0 Å². The summed E-state index contributed by atoms with van der Waals surface area (Å²) in [6.07, 6.45) is 10.4. The third-order valence-electron chi connectivity index (χ3n) is 8.64. The van der Waals surface area contributed by atoms with Gasteiger partial charge in [-0.1, -0.05) is 32.4 Å². The van der Waals surface area contributed by atoms with Gasteiger partial charge < -0.3 is 9.79 Å². The number of Topliss-reactive ketones (excluding diaryl/α,β-unsaturated/α-hetero) is 1. The van der Waals surface area contributed by atoms with E-state index in [2.05, 4.69) is 31.4 Å². The van der Waals surface area contributed by atoms with Crippen LogP contribution >= 0.6 is 7.82 Å². The fraction of sp³-hybridized carbons (Fsp3) is 0.727. The van der Waals surface area contributed by atoms with Gasteiger partial charge in [-0.05, 0) is 73.3 Å². The Morgan fingerprint density at radius 1 is 1.19 bits per heavy atom. The van der Waals surface area contributed by atoms with E-state index in [0.29, 0.717) is 23.7 Å². The van der Waals surface area contributed by atoms with Gasteiger partial charge in [0.05, 0.1) is 0 Å². The van der Waals surface area contributed by atoms with Gasteiger partial charge in [-0.15, -0.1) is 0 Å². The van der Waals surface area contributed by atoms with Crippen molar-refractivity contribution >= 4 is 78.5 Å². The van der Waals surface area contributed by atoms with Gasteiger partial charge in [-0.3, -0.25) is 14.1 Å². The zero-order chi connectivity index (χ0) is 21.2. The fourth-order valence-corrected chi connectivity index (χ4v) is 7.69. The molecule has 164 valence electrons. The first kappa shape index (κ1) is 28.2. The van der Waals surface area contributed by atoms with Crippen LogP contribution in [-0.4, -0.2) is 87.1 Å². The first-order valence-corrected chi connectivity index (χ1v) is 12.2. The van der Waals surface area contributed by atoms with E-state index in [1.165, 1.54) is 5.57 Å². The third-order valence-corrected chi connectivity index (χ3v) is 9.11. The van der Waals surface area contributed by atoms with Crippen LogP contribution in [0.1, 0.15) is 52.9 Å². The molecule has 4 rings (SSSR count). The molecule has 3 saturated carbocycles. The number of carbonyl (C=O) groups excluding carboxylic acids is 2. The molecular weight excluding hydrogens is 437 g/mol. The first-order valence-electron chi connectivity index (χ1n) is 10.6. The minimum atomic E-state index is -4.64. The van der Waals surface area contributed by atoms with Gasteiger partial charge in [0.2, 0.25) is 0 Å². The molecule has 0 radical (unpaired) electrons. The fourth-order valence-electron chi connectivity index (χ4n) is 7.39. The van der Waals surface area contributed by atoms with Gasteiger partial charge in [-0.2, -0.15) is 0 Å². The van der Waals surface area contributed by atoms with Crippen molar-refractivity contribution in [3.8, 4) is 0 Å². The van der Waals surface area contributed by atoms with Crippen LogP contribution in [0.15, 0.2) is 23.8 Å². The molecular formula is C22H33Na2O6P. The zero-order valence-corrected chi connectivity index (χ0v) is 18.2. The number of phosphoric acid groups is 1. The number of allylic oxidation sites excluding steroid dienone is 4. The summed E-state index contributed by atoms with van der Waals surface area (Å²) in [4.78, 5) is 42.7. The Hall–Kier alpha value is 0.930. The molecule has 0 aromatic heterocycles. The minimum absolute atomic E-state index is 0. The van der Waals surface area contributed by atoms with Gasteiger partial charge in [-0.25, -0.2) is 4.57 Å². The predicted octanol–water partition coefficient (Wildman–Crippen LogP) is 2.54. The Morgan fingerprint density at radius 2 is 1.87 bits per heavy atom. The maximum atomic E-state index is 12.8. The van der Waals surface area contributed by atoms with Crippen LogP contribution in [0.4, 0.5) is 0 Å². The number of phosphoric ester groups is 1. The summed E-state index contributed by atoms with van der Waals surface area (Å²) in [6, 6.07) is 0. The second kappa shape index (κ2) is 9.89. The number of hydrogen-bond acceptors (Lipinski definition) is 4. The Bertz CT molecular complexity index is 851. The molecule has 0 aliphatic heterocycles. The molecule has 0 aromatic rings. The first-order chi connectivity index (χ1) is 13.5. The van der Waals surface area contributed by atoms with E-state index in [-0.39, 0.29) is 87.4 Å². The number of hydrogen-bond donors (Lipinski definition) is 2. The summed E-state index contributed by atoms with van der Waals surface area (Å²) in [5.74, 6) is 1.40. The molecule has 31 heavy (non-hydrogen) atoms. The summed E-state index contributed by atoms with van der Waals surface area (Å²) in [5.41, 5.74) is 1.01. The molecule has 9 heteroatoms. The second-order valence-corrected chi connectivity index (χ2v) is 11.3. The van der Waals surface area contributed by atoms with Crippen molar-refractivity contribution in [2.75, 3.05) is 6.61 Å². The van der Waals surface area contributed by atoms with Gasteiger partial charge >= 0.3 is 66.9 Å². The van der Waals surface area contributed by atoms with E-state index in [1.54, 1.807) is 6.08 Å². The molecule has 3 fully saturated rings. The van der Waals surface area contributed by atoms with Crippen LogP contribution in [0.5, 0.6) is 0 Å². The van der Waals surface area contributed by atoms with Crippen molar-refractivity contribution in [1.82, 2.24) is 0 Å². The summed E-state index contributed by atoms with van der Waals surface area (Å²) in [6.45, 7) is 6.16. The number of ketones is 2. The van der Waals surface area contributed by atoms with Crippen LogP contribution in [-0.2, 0) is 18.7 Å². The Kier molecular flexibility index (Phi) is 8.99. The predicted molar refractivity (Wildman–Crippen MR) is 122 cm³/mol. The van der Waals surface area contributed by atoms with E-state index >= 15 is 0 Å².